The highest BCUT2D eigenvalue weighted by atomic mass is 32.2. The van der Waals surface area contributed by atoms with Gasteiger partial charge in [-0.25, -0.2) is 12.8 Å². The Morgan fingerprint density at radius 2 is 1.70 bits per heavy atom. The third-order valence-electron chi connectivity index (χ3n) is 3.92. The van der Waals surface area contributed by atoms with E-state index >= 15 is 0 Å². The second-order valence-electron chi connectivity index (χ2n) is 7.27. The molecule has 0 saturated heterocycles. The van der Waals surface area contributed by atoms with Gasteiger partial charge in [0.2, 0.25) is 0 Å². The fourth-order valence-corrected chi connectivity index (χ4v) is 3.47. The van der Waals surface area contributed by atoms with Gasteiger partial charge in [-0.1, -0.05) is 12.5 Å². The molecule has 0 atom stereocenters. The Bertz CT molecular complexity index is 750. The third kappa shape index (κ3) is 8.28. The summed E-state index contributed by atoms with van der Waals surface area (Å²) in [4.78, 5) is 11.9. The molecule has 9 heteroatoms. The van der Waals surface area contributed by atoms with Gasteiger partial charge in [-0.3, -0.25) is 4.79 Å². The summed E-state index contributed by atoms with van der Waals surface area (Å²) in [6.07, 6.45) is -3.53. The van der Waals surface area contributed by atoms with Crippen molar-refractivity contribution in [2.75, 3.05) is 5.75 Å². The van der Waals surface area contributed by atoms with Crippen molar-refractivity contribution in [3.63, 3.8) is 0 Å². The molecule has 0 fully saturated rings. The van der Waals surface area contributed by atoms with E-state index in [1.807, 2.05) is 0 Å². The minimum Gasteiger partial charge on any atom is -0.403 e. The standard InChI is InChI=1S/C18H24F4O4S/c1-17(2,3)27(24,25)10-6-4-5-7-14(23)11-13-8-9-15(19)16(12-13)26-18(20,21)22/h8-9,12H,4-7,10-11H2,1-3H3. The summed E-state index contributed by atoms with van der Waals surface area (Å²) >= 11 is 0. The van der Waals surface area contributed by atoms with E-state index in [-0.39, 0.29) is 29.9 Å². The van der Waals surface area contributed by atoms with Gasteiger partial charge in [0.25, 0.3) is 0 Å². The highest BCUT2D eigenvalue weighted by molar-refractivity contribution is 7.92. The fourth-order valence-electron chi connectivity index (χ4n) is 2.27. The molecule has 0 aliphatic heterocycles. The van der Waals surface area contributed by atoms with Crippen molar-refractivity contribution in [1.82, 2.24) is 0 Å². The van der Waals surface area contributed by atoms with Crippen LogP contribution in [0.25, 0.3) is 0 Å². The number of ether oxygens (including phenoxy) is 1. The molecular formula is C18H24F4O4S. The molecule has 1 rings (SSSR count). The number of ketones is 1. The second kappa shape index (κ2) is 9.03. The molecule has 1 aromatic carbocycles. The van der Waals surface area contributed by atoms with Crippen LogP contribution in [0.4, 0.5) is 17.6 Å². The summed E-state index contributed by atoms with van der Waals surface area (Å²) in [6, 6.07) is 2.91. The predicted octanol–water partition coefficient (Wildman–Crippen LogP) is 4.61. The smallest absolute Gasteiger partial charge is 0.403 e. The van der Waals surface area contributed by atoms with E-state index in [0.717, 1.165) is 12.1 Å². The highest BCUT2D eigenvalue weighted by Gasteiger charge is 2.32. The monoisotopic (exact) mass is 412 g/mol. The number of alkyl halides is 3. The Labute approximate surface area is 156 Å². The van der Waals surface area contributed by atoms with Crippen LogP contribution in [-0.2, 0) is 21.1 Å². The van der Waals surface area contributed by atoms with Gasteiger partial charge in [0.05, 0.1) is 10.5 Å². The SMILES string of the molecule is CC(C)(C)S(=O)(=O)CCCCCC(=O)Cc1ccc(F)c(OC(F)(F)F)c1. The maximum Gasteiger partial charge on any atom is 0.573 e. The highest BCUT2D eigenvalue weighted by Crippen LogP contribution is 2.27. The lowest BCUT2D eigenvalue weighted by Crippen LogP contribution is -2.30. The van der Waals surface area contributed by atoms with Crippen molar-refractivity contribution in [1.29, 1.82) is 0 Å². The number of halogens is 4. The minimum absolute atomic E-state index is 0.0425. The summed E-state index contributed by atoms with van der Waals surface area (Å²) in [5.41, 5.74) is 0.218. The van der Waals surface area contributed by atoms with Crippen molar-refractivity contribution in [2.24, 2.45) is 0 Å². The summed E-state index contributed by atoms with van der Waals surface area (Å²) < 4.78 is 76.7. The van der Waals surface area contributed by atoms with Crippen LogP contribution in [0, 0.1) is 5.82 Å². The zero-order valence-corrected chi connectivity index (χ0v) is 16.3. The van der Waals surface area contributed by atoms with E-state index < -0.39 is 32.5 Å². The Morgan fingerprint density at radius 1 is 1.07 bits per heavy atom. The largest absolute Gasteiger partial charge is 0.573 e. The van der Waals surface area contributed by atoms with Crippen LogP contribution in [0.5, 0.6) is 5.75 Å². The van der Waals surface area contributed by atoms with Crippen molar-refractivity contribution in [3.05, 3.63) is 29.6 Å². The van der Waals surface area contributed by atoms with Gasteiger partial charge < -0.3 is 4.74 Å². The molecule has 0 spiro atoms. The Balaban J connectivity index is 2.46. The van der Waals surface area contributed by atoms with Crippen molar-refractivity contribution < 1.29 is 35.5 Å². The molecule has 0 unspecified atom stereocenters. The van der Waals surface area contributed by atoms with Gasteiger partial charge >= 0.3 is 6.36 Å². The van der Waals surface area contributed by atoms with E-state index in [9.17, 15) is 30.8 Å². The molecule has 27 heavy (non-hydrogen) atoms. The van der Waals surface area contributed by atoms with Crippen LogP contribution in [-0.4, -0.2) is 31.1 Å². The minimum atomic E-state index is -5.02. The predicted molar refractivity (Wildman–Crippen MR) is 93.8 cm³/mol. The van der Waals surface area contributed by atoms with E-state index in [2.05, 4.69) is 4.74 Å². The third-order valence-corrected chi connectivity index (χ3v) is 6.62. The number of carbonyl (C=O) groups is 1. The van der Waals surface area contributed by atoms with E-state index in [4.69, 9.17) is 0 Å². The first-order chi connectivity index (χ1) is 12.2. The summed E-state index contributed by atoms with van der Waals surface area (Å²) in [5, 5.41) is 0. The number of benzene rings is 1. The van der Waals surface area contributed by atoms with Gasteiger partial charge in [-0.05, 0) is 51.3 Å². The molecule has 4 nitrogen and oxygen atoms in total. The van der Waals surface area contributed by atoms with Gasteiger partial charge in [0, 0.05) is 12.8 Å². The van der Waals surface area contributed by atoms with E-state index in [1.54, 1.807) is 20.8 Å². The van der Waals surface area contributed by atoms with Gasteiger partial charge in [0.15, 0.2) is 21.4 Å². The van der Waals surface area contributed by atoms with Crippen LogP contribution < -0.4 is 4.74 Å². The first-order valence-electron chi connectivity index (χ1n) is 8.49. The first-order valence-corrected chi connectivity index (χ1v) is 10.1. The Morgan fingerprint density at radius 3 is 2.26 bits per heavy atom. The summed E-state index contributed by atoms with van der Waals surface area (Å²) in [5.74, 6) is -2.32. The normalized spacial score (nSPS) is 12.9. The number of carbonyl (C=O) groups excluding carboxylic acids is 1. The molecule has 0 aliphatic carbocycles. The average Bonchev–Trinajstić information content (AvgIpc) is 2.47. The molecule has 0 saturated carbocycles. The fraction of sp³-hybridized carbons (Fsp3) is 0.611. The molecular weight excluding hydrogens is 388 g/mol. The zero-order valence-electron chi connectivity index (χ0n) is 15.5. The molecule has 1 aromatic rings. The maximum atomic E-state index is 13.3. The second-order valence-corrected chi connectivity index (χ2v) is 10.1. The molecule has 0 heterocycles. The number of Topliss-reactive ketones (excluding diaryl/α,β-unsaturated/α-hetero) is 1. The van der Waals surface area contributed by atoms with E-state index in [1.165, 1.54) is 6.07 Å². The van der Waals surface area contributed by atoms with Crippen LogP contribution >= 0.6 is 0 Å². The van der Waals surface area contributed by atoms with Gasteiger partial charge in [-0.15, -0.1) is 13.2 Å². The maximum absolute atomic E-state index is 13.3. The number of rotatable bonds is 9. The molecule has 0 amide bonds. The lowest BCUT2D eigenvalue weighted by molar-refractivity contribution is -0.275. The average molecular weight is 412 g/mol. The number of hydrogen-bond donors (Lipinski definition) is 0. The number of unbranched alkanes of at least 4 members (excludes halogenated alkanes) is 2. The molecule has 154 valence electrons. The van der Waals surface area contributed by atoms with Crippen molar-refractivity contribution in [2.45, 2.75) is 64.0 Å². The summed E-state index contributed by atoms with van der Waals surface area (Å²) in [6.45, 7) is 4.89. The van der Waals surface area contributed by atoms with Crippen LogP contribution in [0.15, 0.2) is 18.2 Å². The first kappa shape index (κ1) is 23.4. The Hall–Kier alpha value is -1.64. The van der Waals surface area contributed by atoms with E-state index in [0.29, 0.717) is 19.3 Å². The van der Waals surface area contributed by atoms with Crippen LogP contribution in [0.2, 0.25) is 0 Å². The number of hydrogen-bond acceptors (Lipinski definition) is 4. The molecule has 0 radical (unpaired) electrons. The molecule has 0 aromatic heterocycles. The van der Waals surface area contributed by atoms with Crippen LogP contribution in [0.3, 0.4) is 0 Å². The quantitative estimate of drug-likeness (QED) is 0.439. The lowest BCUT2D eigenvalue weighted by atomic mass is 10.0. The molecule has 0 bridgehead atoms. The molecule has 0 aliphatic rings. The number of sulfone groups is 1. The zero-order chi connectivity index (χ0) is 20.9. The van der Waals surface area contributed by atoms with Crippen molar-refractivity contribution >= 4 is 15.6 Å². The molecule has 0 N–H and O–H groups in total. The van der Waals surface area contributed by atoms with Gasteiger partial charge in [0.1, 0.15) is 5.78 Å². The lowest BCUT2D eigenvalue weighted by Gasteiger charge is -2.18. The summed E-state index contributed by atoms with van der Waals surface area (Å²) in [7, 11) is -3.20. The van der Waals surface area contributed by atoms with Crippen molar-refractivity contribution in [3.8, 4) is 5.75 Å². The Kier molecular flexibility index (Phi) is 7.83. The van der Waals surface area contributed by atoms with Crippen LogP contribution in [0.1, 0.15) is 52.0 Å². The topological polar surface area (TPSA) is 60.4 Å². The van der Waals surface area contributed by atoms with Gasteiger partial charge in [-0.2, -0.15) is 0 Å².